The minimum atomic E-state index is 0.00111. The molecule has 1 aromatic rings. The van der Waals surface area contributed by atoms with Crippen molar-refractivity contribution in [3.63, 3.8) is 0 Å². The molecule has 0 saturated carbocycles. The van der Waals surface area contributed by atoms with E-state index in [9.17, 15) is 4.79 Å². The molecule has 1 amide bonds. The van der Waals surface area contributed by atoms with Crippen LogP contribution in [0.1, 0.15) is 41.8 Å². The lowest BCUT2D eigenvalue weighted by molar-refractivity contribution is 0.0668. The van der Waals surface area contributed by atoms with Crippen molar-refractivity contribution in [2.75, 3.05) is 13.1 Å². The van der Waals surface area contributed by atoms with Crippen LogP contribution in [0.2, 0.25) is 0 Å². The Morgan fingerprint density at radius 3 is 3.06 bits per heavy atom. The Hall–Kier alpha value is -1.36. The average molecular weight is 249 g/mol. The van der Waals surface area contributed by atoms with Crippen LogP contribution in [0.3, 0.4) is 0 Å². The molecule has 2 unspecified atom stereocenters. The van der Waals surface area contributed by atoms with E-state index in [-0.39, 0.29) is 5.91 Å². The zero-order valence-corrected chi connectivity index (χ0v) is 10.7. The van der Waals surface area contributed by atoms with Crippen molar-refractivity contribution in [1.82, 2.24) is 15.4 Å². The fourth-order valence-corrected chi connectivity index (χ4v) is 3.13. The van der Waals surface area contributed by atoms with Gasteiger partial charge in [0.1, 0.15) is 0 Å². The highest BCUT2D eigenvalue weighted by Gasteiger charge is 2.37. The van der Waals surface area contributed by atoms with E-state index in [1.54, 1.807) is 6.20 Å². The third-order valence-corrected chi connectivity index (χ3v) is 4.07. The molecule has 0 aromatic carbocycles. The Kier molecular flexibility index (Phi) is 3.07. The van der Waals surface area contributed by atoms with Gasteiger partial charge in [0.05, 0.1) is 6.20 Å². The number of aromatic nitrogens is 1. The maximum Gasteiger partial charge on any atom is 0.293 e. The van der Waals surface area contributed by atoms with Crippen LogP contribution in [-0.2, 0) is 0 Å². The van der Waals surface area contributed by atoms with Crippen LogP contribution in [0.15, 0.2) is 10.7 Å². The Labute approximate surface area is 107 Å². The number of hydrogen-bond acceptors (Lipinski definition) is 4. The Morgan fingerprint density at radius 1 is 1.50 bits per heavy atom. The maximum absolute atomic E-state index is 12.5. The second-order valence-corrected chi connectivity index (χ2v) is 5.25. The highest BCUT2D eigenvalue weighted by molar-refractivity contribution is 5.93. The lowest BCUT2D eigenvalue weighted by Gasteiger charge is -2.28. The van der Waals surface area contributed by atoms with Crippen LogP contribution in [0, 0.1) is 6.92 Å². The monoisotopic (exact) mass is 249 g/mol. The molecule has 0 bridgehead atoms. The zero-order valence-electron chi connectivity index (χ0n) is 10.7. The fourth-order valence-electron chi connectivity index (χ4n) is 3.13. The second kappa shape index (κ2) is 4.72. The quantitative estimate of drug-likeness (QED) is 0.859. The number of likely N-dealkylation sites (tertiary alicyclic amines) is 1. The van der Waals surface area contributed by atoms with Gasteiger partial charge in [-0.3, -0.25) is 4.79 Å². The molecule has 1 N–H and O–H groups in total. The Morgan fingerprint density at radius 2 is 2.39 bits per heavy atom. The summed E-state index contributed by atoms with van der Waals surface area (Å²) >= 11 is 0. The molecule has 18 heavy (non-hydrogen) atoms. The van der Waals surface area contributed by atoms with Crippen molar-refractivity contribution in [2.24, 2.45) is 0 Å². The highest BCUT2D eigenvalue weighted by atomic mass is 16.5. The first-order valence-electron chi connectivity index (χ1n) is 6.73. The molecule has 5 nitrogen and oxygen atoms in total. The minimum absolute atomic E-state index is 0.00111. The number of aryl methyl sites for hydroxylation is 1. The number of amides is 1. The van der Waals surface area contributed by atoms with Gasteiger partial charge in [0.15, 0.2) is 0 Å². The summed E-state index contributed by atoms with van der Waals surface area (Å²) in [7, 11) is 0. The molecule has 2 aliphatic heterocycles. The van der Waals surface area contributed by atoms with Gasteiger partial charge in [-0.15, -0.1) is 0 Å². The molecule has 3 rings (SSSR count). The normalized spacial score (nSPS) is 27.9. The van der Waals surface area contributed by atoms with E-state index in [0.717, 1.165) is 31.5 Å². The Balaban J connectivity index is 1.78. The van der Waals surface area contributed by atoms with Crippen LogP contribution in [-0.4, -0.2) is 41.1 Å². The lowest BCUT2D eigenvalue weighted by atomic mass is 10.0. The molecule has 2 atom stereocenters. The van der Waals surface area contributed by atoms with Gasteiger partial charge in [-0.25, -0.2) is 0 Å². The first-order chi connectivity index (χ1) is 8.77. The third kappa shape index (κ3) is 1.92. The highest BCUT2D eigenvalue weighted by Crippen LogP contribution is 2.26. The standard InChI is InChI=1S/C13H19N3O2/c1-9-8-15-18-12(9)13(17)16-7-3-5-11(16)10-4-2-6-14-10/h8,10-11,14H,2-7H2,1H3. The van der Waals surface area contributed by atoms with Crippen LogP contribution >= 0.6 is 0 Å². The fraction of sp³-hybridized carbons (Fsp3) is 0.692. The van der Waals surface area contributed by atoms with Crippen molar-refractivity contribution in [2.45, 2.75) is 44.7 Å². The van der Waals surface area contributed by atoms with Crippen molar-refractivity contribution < 1.29 is 9.32 Å². The van der Waals surface area contributed by atoms with Crippen LogP contribution in [0.4, 0.5) is 0 Å². The first kappa shape index (κ1) is 11.7. The van der Waals surface area contributed by atoms with E-state index in [2.05, 4.69) is 10.5 Å². The van der Waals surface area contributed by atoms with Gasteiger partial charge in [0, 0.05) is 24.2 Å². The summed E-state index contributed by atoms with van der Waals surface area (Å²) in [5.41, 5.74) is 0.824. The molecule has 5 heteroatoms. The van der Waals surface area contributed by atoms with E-state index in [1.165, 1.54) is 12.8 Å². The van der Waals surface area contributed by atoms with E-state index in [0.29, 0.717) is 17.8 Å². The molecule has 2 saturated heterocycles. The zero-order chi connectivity index (χ0) is 12.5. The third-order valence-electron chi connectivity index (χ3n) is 4.07. The van der Waals surface area contributed by atoms with E-state index in [4.69, 9.17) is 4.52 Å². The number of nitrogens with zero attached hydrogens (tertiary/aromatic N) is 2. The van der Waals surface area contributed by atoms with Gasteiger partial charge in [-0.05, 0) is 39.2 Å². The summed E-state index contributed by atoms with van der Waals surface area (Å²) < 4.78 is 5.09. The largest absolute Gasteiger partial charge is 0.351 e. The molecule has 1 aromatic heterocycles. The van der Waals surface area contributed by atoms with Gasteiger partial charge >= 0.3 is 0 Å². The van der Waals surface area contributed by atoms with Gasteiger partial charge in [-0.2, -0.15) is 0 Å². The molecule has 0 radical (unpaired) electrons. The van der Waals surface area contributed by atoms with Crippen LogP contribution < -0.4 is 5.32 Å². The molecular formula is C13H19N3O2. The Bertz CT molecular complexity index is 437. The maximum atomic E-state index is 12.5. The number of carbonyl (C=O) groups is 1. The molecule has 2 aliphatic rings. The van der Waals surface area contributed by atoms with E-state index >= 15 is 0 Å². The number of hydrogen-bond donors (Lipinski definition) is 1. The SMILES string of the molecule is Cc1cnoc1C(=O)N1CCCC1C1CCCN1. The summed E-state index contributed by atoms with van der Waals surface area (Å²) in [4.78, 5) is 14.4. The predicted molar refractivity (Wildman–Crippen MR) is 66.3 cm³/mol. The van der Waals surface area contributed by atoms with Crippen LogP contribution in [0.5, 0.6) is 0 Å². The number of nitrogens with one attached hydrogen (secondary N) is 1. The van der Waals surface area contributed by atoms with Crippen molar-refractivity contribution in [3.05, 3.63) is 17.5 Å². The van der Waals surface area contributed by atoms with E-state index < -0.39 is 0 Å². The molecule has 98 valence electrons. The first-order valence-corrected chi connectivity index (χ1v) is 6.73. The molecule has 0 aliphatic carbocycles. The predicted octanol–water partition coefficient (Wildman–Crippen LogP) is 1.34. The number of rotatable bonds is 2. The van der Waals surface area contributed by atoms with Crippen LogP contribution in [0.25, 0.3) is 0 Å². The summed E-state index contributed by atoms with van der Waals surface area (Å²) in [6.07, 6.45) is 6.17. The van der Waals surface area contributed by atoms with Gasteiger partial charge in [0.2, 0.25) is 5.76 Å². The van der Waals surface area contributed by atoms with E-state index in [1.807, 2.05) is 11.8 Å². The lowest BCUT2D eigenvalue weighted by Crippen LogP contribution is -2.46. The van der Waals surface area contributed by atoms with Crippen molar-refractivity contribution in [3.8, 4) is 0 Å². The second-order valence-electron chi connectivity index (χ2n) is 5.25. The molecule has 0 spiro atoms. The average Bonchev–Trinajstić information content (AvgIpc) is 3.09. The van der Waals surface area contributed by atoms with Gasteiger partial charge in [0.25, 0.3) is 5.91 Å². The molecule has 3 heterocycles. The summed E-state index contributed by atoms with van der Waals surface area (Å²) in [6, 6.07) is 0.782. The topological polar surface area (TPSA) is 58.4 Å². The minimum Gasteiger partial charge on any atom is -0.351 e. The molecule has 2 fully saturated rings. The number of carbonyl (C=O) groups excluding carboxylic acids is 1. The van der Waals surface area contributed by atoms with Crippen molar-refractivity contribution in [1.29, 1.82) is 0 Å². The summed E-state index contributed by atoms with van der Waals surface area (Å²) in [6.45, 7) is 3.77. The molecular weight excluding hydrogens is 230 g/mol. The van der Waals surface area contributed by atoms with Gasteiger partial charge in [-0.1, -0.05) is 5.16 Å². The smallest absolute Gasteiger partial charge is 0.293 e. The summed E-state index contributed by atoms with van der Waals surface area (Å²) in [5, 5.41) is 7.20. The van der Waals surface area contributed by atoms with Gasteiger partial charge < -0.3 is 14.7 Å². The van der Waals surface area contributed by atoms with Crippen molar-refractivity contribution >= 4 is 5.91 Å². The summed E-state index contributed by atoms with van der Waals surface area (Å²) in [5.74, 6) is 0.404.